The number of amides is 1. The SMILES string of the molecule is CC=CN1CCC(c2cc(Nc3ccc(Oc4ccccc4)cc3)c3c(c2)C(=O)NC3)CC1. The number of carbonyl (C=O) groups excluding carboxylic acids is 1. The summed E-state index contributed by atoms with van der Waals surface area (Å²) in [5.41, 5.74) is 5.07. The van der Waals surface area contributed by atoms with Gasteiger partial charge in [-0.25, -0.2) is 0 Å². The number of anilines is 2. The van der Waals surface area contributed by atoms with E-state index in [1.807, 2.05) is 54.6 Å². The quantitative estimate of drug-likeness (QED) is 0.482. The number of carbonyl (C=O) groups is 1. The molecule has 5 nitrogen and oxygen atoms in total. The number of hydrogen-bond donors (Lipinski definition) is 2. The highest BCUT2D eigenvalue weighted by Gasteiger charge is 2.26. The second kappa shape index (κ2) is 9.41. The highest BCUT2D eigenvalue weighted by Crippen LogP contribution is 2.36. The van der Waals surface area contributed by atoms with Gasteiger partial charge in [0.05, 0.1) is 0 Å². The Kier molecular flexibility index (Phi) is 6.03. The van der Waals surface area contributed by atoms with Gasteiger partial charge in [-0.15, -0.1) is 0 Å². The molecule has 2 N–H and O–H groups in total. The first-order valence-electron chi connectivity index (χ1n) is 11.6. The topological polar surface area (TPSA) is 53.6 Å². The van der Waals surface area contributed by atoms with Gasteiger partial charge in [0.25, 0.3) is 5.91 Å². The summed E-state index contributed by atoms with van der Waals surface area (Å²) in [6.45, 7) is 4.71. The lowest BCUT2D eigenvalue weighted by Gasteiger charge is -2.31. The summed E-state index contributed by atoms with van der Waals surface area (Å²) in [5, 5.41) is 6.54. The summed E-state index contributed by atoms with van der Waals surface area (Å²) < 4.78 is 5.90. The van der Waals surface area contributed by atoms with E-state index < -0.39 is 0 Å². The van der Waals surface area contributed by atoms with E-state index in [9.17, 15) is 4.79 Å². The first kappa shape index (κ1) is 21.1. The van der Waals surface area contributed by atoms with Gasteiger partial charge in [-0.1, -0.05) is 24.3 Å². The molecule has 3 aromatic rings. The fraction of sp³-hybridized carbons (Fsp3) is 0.250. The molecule has 5 rings (SSSR count). The molecule has 3 aromatic carbocycles. The predicted octanol–water partition coefficient (Wildman–Crippen LogP) is 6.18. The molecule has 0 atom stereocenters. The van der Waals surface area contributed by atoms with E-state index in [0.29, 0.717) is 12.5 Å². The van der Waals surface area contributed by atoms with Gasteiger partial charge >= 0.3 is 0 Å². The zero-order valence-electron chi connectivity index (χ0n) is 18.9. The minimum atomic E-state index is 0.0212. The maximum absolute atomic E-state index is 12.5. The number of nitrogens with one attached hydrogen (secondary N) is 2. The number of hydrogen-bond acceptors (Lipinski definition) is 4. The zero-order valence-corrected chi connectivity index (χ0v) is 18.9. The third-order valence-corrected chi connectivity index (χ3v) is 6.42. The highest BCUT2D eigenvalue weighted by molar-refractivity contribution is 6.00. The van der Waals surface area contributed by atoms with Crippen molar-refractivity contribution in [3.8, 4) is 11.5 Å². The van der Waals surface area contributed by atoms with Crippen molar-refractivity contribution in [1.82, 2.24) is 10.2 Å². The van der Waals surface area contributed by atoms with Crippen LogP contribution in [-0.4, -0.2) is 23.9 Å². The molecule has 0 radical (unpaired) electrons. The molecule has 33 heavy (non-hydrogen) atoms. The Hall–Kier alpha value is -3.73. The van der Waals surface area contributed by atoms with E-state index >= 15 is 0 Å². The van der Waals surface area contributed by atoms with Crippen molar-refractivity contribution in [2.24, 2.45) is 0 Å². The van der Waals surface area contributed by atoms with E-state index in [1.54, 1.807) is 0 Å². The second-order valence-corrected chi connectivity index (χ2v) is 8.63. The van der Waals surface area contributed by atoms with Crippen molar-refractivity contribution in [1.29, 1.82) is 0 Å². The fourth-order valence-electron chi connectivity index (χ4n) is 4.68. The molecule has 0 spiro atoms. The van der Waals surface area contributed by atoms with Gasteiger partial charge in [-0.2, -0.15) is 0 Å². The van der Waals surface area contributed by atoms with Crippen molar-refractivity contribution in [3.63, 3.8) is 0 Å². The van der Waals surface area contributed by atoms with Crippen LogP contribution in [0.4, 0.5) is 11.4 Å². The molecule has 2 heterocycles. The number of ether oxygens (including phenoxy) is 1. The lowest BCUT2D eigenvalue weighted by molar-refractivity contribution is 0.0965. The summed E-state index contributed by atoms with van der Waals surface area (Å²) in [4.78, 5) is 14.9. The Morgan fingerprint density at radius 1 is 1.00 bits per heavy atom. The van der Waals surface area contributed by atoms with Crippen molar-refractivity contribution < 1.29 is 9.53 Å². The van der Waals surface area contributed by atoms with Crippen LogP contribution in [0.15, 0.2) is 79.0 Å². The molecule has 1 amide bonds. The van der Waals surface area contributed by atoms with Crippen molar-refractivity contribution in [2.45, 2.75) is 32.2 Å². The molecule has 0 saturated carbocycles. The Labute approximate surface area is 195 Å². The van der Waals surface area contributed by atoms with Crippen LogP contribution in [-0.2, 0) is 6.54 Å². The van der Waals surface area contributed by atoms with E-state index in [0.717, 1.165) is 59.9 Å². The van der Waals surface area contributed by atoms with E-state index in [1.165, 1.54) is 5.56 Å². The van der Waals surface area contributed by atoms with E-state index in [4.69, 9.17) is 4.74 Å². The molecule has 2 aliphatic rings. The lowest BCUT2D eigenvalue weighted by atomic mass is 9.87. The van der Waals surface area contributed by atoms with Crippen molar-refractivity contribution in [2.75, 3.05) is 18.4 Å². The average Bonchev–Trinajstić information content (AvgIpc) is 3.23. The number of rotatable bonds is 6. The van der Waals surface area contributed by atoms with E-state index in [-0.39, 0.29) is 5.91 Å². The summed E-state index contributed by atoms with van der Waals surface area (Å²) >= 11 is 0. The molecule has 2 aliphatic heterocycles. The normalized spacial score (nSPS) is 16.0. The molecule has 1 saturated heterocycles. The largest absolute Gasteiger partial charge is 0.457 e. The Balaban J connectivity index is 1.35. The van der Waals surface area contributed by atoms with Crippen LogP contribution < -0.4 is 15.4 Å². The maximum atomic E-state index is 12.5. The Bertz CT molecular complexity index is 1150. The average molecular weight is 440 g/mol. The molecule has 0 aliphatic carbocycles. The van der Waals surface area contributed by atoms with Gasteiger partial charge in [-0.05, 0) is 86.0 Å². The highest BCUT2D eigenvalue weighted by atomic mass is 16.5. The Morgan fingerprint density at radius 3 is 2.45 bits per heavy atom. The lowest BCUT2D eigenvalue weighted by Crippen LogP contribution is -2.28. The van der Waals surface area contributed by atoms with Gasteiger partial charge in [-0.3, -0.25) is 4.79 Å². The van der Waals surface area contributed by atoms with Crippen molar-refractivity contribution >= 4 is 17.3 Å². The molecular weight excluding hydrogens is 410 g/mol. The predicted molar refractivity (Wildman–Crippen MR) is 132 cm³/mol. The van der Waals surface area contributed by atoms with Crippen LogP contribution in [0.1, 0.15) is 47.2 Å². The molecule has 168 valence electrons. The summed E-state index contributed by atoms with van der Waals surface area (Å²) in [6.07, 6.45) is 6.45. The standard InChI is InChI=1S/C28H29N3O2/c1-2-14-31-15-12-20(13-16-31)21-17-25-26(19-29-28(25)32)27(18-21)30-22-8-10-24(11-9-22)33-23-6-4-3-5-7-23/h2-11,14,17-18,20,30H,12-13,15-16,19H2,1H3,(H,29,32). The number of para-hydroxylation sites is 1. The Morgan fingerprint density at radius 2 is 1.73 bits per heavy atom. The zero-order chi connectivity index (χ0) is 22.6. The first-order chi connectivity index (χ1) is 16.2. The monoisotopic (exact) mass is 439 g/mol. The summed E-state index contributed by atoms with van der Waals surface area (Å²) in [6, 6.07) is 22.0. The van der Waals surface area contributed by atoms with Gasteiger partial charge in [0.15, 0.2) is 0 Å². The number of nitrogens with zero attached hydrogens (tertiary/aromatic N) is 1. The fourth-order valence-corrected chi connectivity index (χ4v) is 4.68. The number of fused-ring (bicyclic) bond motifs is 1. The smallest absolute Gasteiger partial charge is 0.251 e. The number of benzene rings is 3. The molecular formula is C28H29N3O2. The second-order valence-electron chi connectivity index (χ2n) is 8.63. The molecule has 0 unspecified atom stereocenters. The van der Waals surface area contributed by atoms with E-state index in [2.05, 4.69) is 46.9 Å². The molecule has 0 bridgehead atoms. The summed E-state index contributed by atoms with van der Waals surface area (Å²) in [7, 11) is 0. The van der Waals surface area contributed by atoms with Gasteiger partial charge in [0.1, 0.15) is 11.5 Å². The van der Waals surface area contributed by atoms with Crippen LogP contribution in [0.3, 0.4) is 0 Å². The minimum Gasteiger partial charge on any atom is -0.457 e. The van der Waals surface area contributed by atoms with Crippen LogP contribution in [0.2, 0.25) is 0 Å². The third-order valence-electron chi connectivity index (χ3n) is 6.42. The van der Waals surface area contributed by atoms with Crippen LogP contribution in [0, 0.1) is 0 Å². The van der Waals surface area contributed by atoms with Gasteiger partial charge in [0, 0.05) is 42.1 Å². The number of allylic oxidation sites excluding steroid dienone is 1. The third kappa shape index (κ3) is 4.72. The molecule has 1 fully saturated rings. The van der Waals surface area contributed by atoms with Gasteiger partial charge in [0.2, 0.25) is 0 Å². The first-order valence-corrected chi connectivity index (χ1v) is 11.6. The maximum Gasteiger partial charge on any atom is 0.251 e. The van der Waals surface area contributed by atoms with Crippen LogP contribution >= 0.6 is 0 Å². The van der Waals surface area contributed by atoms with Crippen LogP contribution in [0.25, 0.3) is 0 Å². The molecule has 5 heteroatoms. The molecule has 0 aromatic heterocycles. The summed E-state index contributed by atoms with van der Waals surface area (Å²) in [5.74, 6) is 2.09. The van der Waals surface area contributed by atoms with Crippen LogP contribution in [0.5, 0.6) is 11.5 Å². The van der Waals surface area contributed by atoms with Crippen molar-refractivity contribution in [3.05, 3.63) is 95.7 Å². The number of likely N-dealkylation sites (tertiary alicyclic amines) is 1. The van der Waals surface area contributed by atoms with Gasteiger partial charge < -0.3 is 20.3 Å². The minimum absolute atomic E-state index is 0.0212. The number of piperidine rings is 1.